The van der Waals surface area contributed by atoms with Gasteiger partial charge in [0.25, 0.3) is 0 Å². The number of anilines is 1. The highest BCUT2D eigenvalue weighted by Gasteiger charge is 2.22. The first-order chi connectivity index (χ1) is 15.2. The number of furan rings is 1. The Morgan fingerprint density at radius 2 is 2.00 bits per heavy atom. The zero-order valence-corrected chi connectivity index (χ0v) is 15.9. The van der Waals surface area contributed by atoms with E-state index < -0.39 is 0 Å². The zero-order chi connectivity index (χ0) is 20.9. The first-order valence-corrected chi connectivity index (χ1v) is 9.37. The molecule has 0 unspecified atom stereocenters. The molecule has 5 aromatic heterocycles. The molecule has 5 heterocycles. The van der Waals surface area contributed by atoms with E-state index in [0.29, 0.717) is 33.9 Å². The van der Waals surface area contributed by atoms with Crippen molar-refractivity contribution in [2.75, 3.05) is 5.73 Å². The number of nitrogen functional groups attached to an aromatic ring is 1. The lowest BCUT2D eigenvalue weighted by Crippen LogP contribution is -2.09. The standard InChI is InChI=1S/C21H14N8O2/c22-21-24-19(16-2-1-9-31-16)18(12-3-6-17-23-7-8-28(17)11-12)20(25-21)29-15-5-4-13(30)10-14(15)26-27-29/h1-11,30H,(H2,22,24,25). The Labute approximate surface area is 174 Å². The number of rotatable bonds is 3. The van der Waals surface area contributed by atoms with Crippen molar-refractivity contribution in [3.05, 3.63) is 67.3 Å². The average molecular weight is 410 g/mol. The number of hydrogen-bond donors (Lipinski definition) is 2. The molecule has 3 N–H and O–H groups in total. The number of phenols is 1. The van der Waals surface area contributed by atoms with E-state index >= 15 is 0 Å². The van der Waals surface area contributed by atoms with Crippen LogP contribution in [0.15, 0.2) is 71.7 Å². The third-order valence-corrected chi connectivity index (χ3v) is 4.97. The smallest absolute Gasteiger partial charge is 0.222 e. The fourth-order valence-electron chi connectivity index (χ4n) is 3.61. The second-order valence-corrected chi connectivity index (χ2v) is 6.89. The molecule has 0 bridgehead atoms. The summed E-state index contributed by atoms with van der Waals surface area (Å²) in [6, 6.07) is 12.2. The number of phenolic OH excluding ortho intramolecular Hbond substituents is 1. The molecule has 0 aliphatic carbocycles. The maximum atomic E-state index is 9.79. The number of aromatic nitrogens is 7. The van der Waals surface area contributed by atoms with Crippen molar-refractivity contribution in [3.8, 4) is 34.1 Å². The molecule has 0 aliphatic rings. The van der Waals surface area contributed by atoms with E-state index in [4.69, 9.17) is 10.2 Å². The fraction of sp³-hybridized carbons (Fsp3) is 0. The number of imidazole rings is 1. The highest BCUT2D eigenvalue weighted by atomic mass is 16.3. The Kier molecular flexibility index (Phi) is 3.54. The SMILES string of the molecule is Nc1nc(-c2ccco2)c(-c2ccc3nccn3c2)c(-n2nnc3cc(O)ccc32)n1. The Bertz CT molecular complexity index is 1570. The lowest BCUT2D eigenvalue weighted by Gasteiger charge is -2.14. The molecule has 0 atom stereocenters. The molecular weight excluding hydrogens is 396 g/mol. The van der Waals surface area contributed by atoms with Crippen molar-refractivity contribution in [1.29, 1.82) is 0 Å². The van der Waals surface area contributed by atoms with Gasteiger partial charge in [0.2, 0.25) is 5.95 Å². The first kappa shape index (κ1) is 17.2. The molecule has 150 valence electrons. The molecule has 0 saturated heterocycles. The number of hydrogen-bond acceptors (Lipinski definition) is 8. The fourth-order valence-corrected chi connectivity index (χ4v) is 3.61. The predicted octanol–water partition coefficient (Wildman–Crippen LogP) is 3.07. The van der Waals surface area contributed by atoms with Gasteiger partial charge >= 0.3 is 0 Å². The second kappa shape index (κ2) is 6.39. The molecule has 0 fully saturated rings. The van der Waals surface area contributed by atoms with E-state index in [-0.39, 0.29) is 11.7 Å². The van der Waals surface area contributed by atoms with Crippen LogP contribution in [0.3, 0.4) is 0 Å². The minimum Gasteiger partial charge on any atom is -0.508 e. The minimum absolute atomic E-state index is 0.0660. The monoisotopic (exact) mass is 410 g/mol. The van der Waals surface area contributed by atoms with E-state index in [0.717, 1.165) is 11.2 Å². The van der Waals surface area contributed by atoms with Crippen LogP contribution >= 0.6 is 0 Å². The van der Waals surface area contributed by atoms with Gasteiger partial charge in [-0.05, 0) is 36.4 Å². The van der Waals surface area contributed by atoms with Crippen molar-refractivity contribution < 1.29 is 9.52 Å². The van der Waals surface area contributed by atoms with Gasteiger partial charge in [-0.15, -0.1) is 5.10 Å². The first-order valence-electron chi connectivity index (χ1n) is 9.37. The van der Waals surface area contributed by atoms with Crippen LogP contribution in [0.5, 0.6) is 5.75 Å². The molecule has 0 spiro atoms. The van der Waals surface area contributed by atoms with Crippen LogP contribution in [0.2, 0.25) is 0 Å². The summed E-state index contributed by atoms with van der Waals surface area (Å²) >= 11 is 0. The molecule has 6 rings (SSSR count). The van der Waals surface area contributed by atoms with Crippen LogP contribution in [-0.2, 0) is 0 Å². The van der Waals surface area contributed by atoms with Crippen LogP contribution < -0.4 is 5.73 Å². The van der Waals surface area contributed by atoms with Gasteiger partial charge in [0.1, 0.15) is 22.6 Å². The molecule has 0 saturated carbocycles. The Morgan fingerprint density at radius 1 is 1.06 bits per heavy atom. The van der Waals surface area contributed by atoms with Crippen LogP contribution in [-0.4, -0.2) is 39.5 Å². The van der Waals surface area contributed by atoms with E-state index in [2.05, 4.69) is 25.3 Å². The van der Waals surface area contributed by atoms with Crippen molar-refractivity contribution in [1.82, 2.24) is 34.3 Å². The molecule has 6 aromatic rings. The van der Waals surface area contributed by atoms with Gasteiger partial charge in [0.05, 0.1) is 17.3 Å². The summed E-state index contributed by atoms with van der Waals surface area (Å²) in [5.41, 5.74) is 10.1. The molecule has 1 aromatic carbocycles. The lowest BCUT2D eigenvalue weighted by molar-refractivity contribution is 0.476. The molecule has 10 nitrogen and oxygen atoms in total. The highest BCUT2D eigenvalue weighted by molar-refractivity contribution is 5.87. The Morgan fingerprint density at radius 3 is 2.87 bits per heavy atom. The number of aromatic hydroxyl groups is 1. The summed E-state index contributed by atoms with van der Waals surface area (Å²) in [5.74, 6) is 1.14. The normalized spacial score (nSPS) is 11.5. The van der Waals surface area contributed by atoms with Crippen LogP contribution in [0.25, 0.3) is 45.1 Å². The molecule has 0 aliphatic heterocycles. The van der Waals surface area contributed by atoms with Gasteiger partial charge < -0.3 is 19.7 Å². The van der Waals surface area contributed by atoms with Crippen LogP contribution in [0.1, 0.15) is 0 Å². The summed E-state index contributed by atoms with van der Waals surface area (Å²) in [6.07, 6.45) is 7.09. The Balaban J connectivity index is 1.71. The van der Waals surface area contributed by atoms with E-state index in [1.54, 1.807) is 35.3 Å². The summed E-state index contributed by atoms with van der Waals surface area (Å²) in [7, 11) is 0. The molecule has 0 radical (unpaired) electrons. The third-order valence-electron chi connectivity index (χ3n) is 4.97. The van der Waals surface area contributed by atoms with Crippen LogP contribution in [0, 0.1) is 0 Å². The van der Waals surface area contributed by atoms with Crippen molar-refractivity contribution in [3.63, 3.8) is 0 Å². The minimum atomic E-state index is 0.0660. The topological polar surface area (TPSA) is 133 Å². The van der Waals surface area contributed by atoms with E-state index in [1.165, 1.54) is 6.07 Å². The van der Waals surface area contributed by atoms with Crippen LogP contribution in [0.4, 0.5) is 5.95 Å². The molecule has 31 heavy (non-hydrogen) atoms. The number of fused-ring (bicyclic) bond motifs is 2. The number of nitrogens with two attached hydrogens (primary N) is 1. The highest BCUT2D eigenvalue weighted by Crippen LogP contribution is 2.36. The zero-order valence-electron chi connectivity index (χ0n) is 15.9. The summed E-state index contributed by atoms with van der Waals surface area (Å²) in [6.45, 7) is 0. The van der Waals surface area contributed by atoms with Gasteiger partial charge in [-0.3, -0.25) is 0 Å². The molecular formula is C21H14N8O2. The maximum absolute atomic E-state index is 9.79. The van der Waals surface area contributed by atoms with E-state index in [9.17, 15) is 5.11 Å². The van der Waals surface area contributed by atoms with Crippen molar-refractivity contribution >= 4 is 22.6 Å². The van der Waals surface area contributed by atoms with Crippen molar-refractivity contribution in [2.24, 2.45) is 0 Å². The average Bonchev–Trinajstić information content (AvgIpc) is 3.52. The largest absolute Gasteiger partial charge is 0.508 e. The maximum Gasteiger partial charge on any atom is 0.222 e. The lowest BCUT2D eigenvalue weighted by atomic mass is 10.0. The molecule has 0 amide bonds. The quantitative estimate of drug-likeness (QED) is 0.455. The summed E-state index contributed by atoms with van der Waals surface area (Å²) < 4.78 is 9.12. The van der Waals surface area contributed by atoms with Gasteiger partial charge in [0, 0.05) is 30.2 Å². The third kappa shape index (κ3) is 2.69. The number of benzene rings is 1. The van der Waals surface area contributed by atoms with Gasteiger partial charge in [-0.2, -0.15) is 9.67 Å². The number of pyridine rings is 1. The number of nitrogens with zero attached hydrogens (tertiary/aromatic N) is 7. The van der Waals surface area contributed by atoms with E-state index in [1.807, 2.05) is 35.0 Å². The summed E-state index contributed by atoms with van der Waals surface area (Å²) in [5, 5.41) is 18.2. The Hall–Kier alpha value is -4.73. The van der Waals surface area contributed by atoms with Gasteiger partial charge in [-0.1, -0.05) is 5.21 Å². The van der Waals surface area contributed by atoms with Crippen molar-refractivity contribution in [2.45, 2.75) is 0 Å². The van der Waals surface area contributed by atoms with Gasteiger partial charge in [0.15, 0.2) is 11.6 Å². The summed E-state index contributed by atoms with van der Waals surface area (Å²) in [4.78, 5) is 13.3. The second-order valence-electron chi connectivity index (χ2n) is 6.89. The van der Waals surface area contributed by atoms with Gasteiger partial charge in [-0.25, -0.2) is 9.97 Å². The predicted molar refractivity (Wildman–Crippen MR) is 112 cm³/mol. The molecule has 10 heteroatoms.